The van der Waals surface area contributed by atoms with E-state index in [9.17, 15) is 9.59 Å². The summed E-state index contributed by atoms with van der Waals surface area (Å²) < 4.78 is 14.3. The topological polar surface area (TPSA) is 99.8 Å². The summed E-state index contributed by atoms with van der Waals surface area (Å²) >= 11 is 6.07. The van der Waals surface area contributed by atoms with Crippen molar-refractivity contribution >= 4 is 23.2 Å². The molecule has 0 spiro atoms. The highest BCUT2D eigenvalue weighted by Crippen LogP contribution is 2.25. The van der Waals surface area contributed by atoms with E-state index in [0.717, 1.165) is 11.1 Å². The first-order valence-corrected chi connectivity index (χ1v) is 13.4. The standard InChI is InChI=1S/C30H26ClN5O4/c31-22-8-4-20(5-9-22)18-35-28-17-26(21-6-10-24(11-7-21)40-27-3-1-2-14-32-27)34-36(28)19-25(30(35)38)29(37)33-23-12-15-39-16-13-23/h1-11,14,17,19,23H,12-13,15-16,18H2,(H,33,37). The third kappa shape index (κ3) is 5.61. The molecule has 1 aliphatic rings. The van der Waals surface area contributed by atoms with Gasteiger partial charge in [-0.3, -0.25) is 14.2 Å². The molecule has 0 unspecified atom stereocenters. The number of aromatic nitrogens is 4. The molecule has 0 bridgehead atoms. The second kappa shape index (κ2) is 11.3. The maximum absolute atomic E-state index is 13.7. The van der Waals surface area contributed by atoms with Crippen molar-refractivity contribution in [2.45, 2.75) is 25.4 Å². The second-order valence-corrected chi connectivity index (χ2v) is 9.98. The molecule has 202 valence electrons. The Balaban J connectivity index is 1.36. The number of pyridine rings is 1. The molecule has 10 heteroatoms. The van der Waals surface area contributed by atoms with Crippen molar-refractivity contribution in [1.82, 2.24) is 24.5 Å². The lowest BCUT2D eigenvalue weighted by Gasteiger charge is -2.23. The van der Waals surface area contributed by atoms with Crippen molar-refractivity contribution in [3.05, 3.63) is 112 Å². The van der Waals surface area contributed by atoms with Gasteiger partial charge in [-0.1, -0.05) is 29.8 Å². The second-order valence-electron chi connectivity index (χ2n) is 9.55. The molecule has 0 atom stereocenters. The largest absolute Gasteiger partial charge is 0.439 e. The van der Waals surface area contributed by atoms with Gasteiger partial charge in [-0.2, -0.15) is 5.10 Å². The van der Waals surface area contributed by atoms with Crippen LogP contribution in [0.4, 0.5) is 0 Å². The van der Waals surface area contributed by atoms with Crippen molar-refractivity contribution in [2.24, 2.45) is 0 Å². The predicted molar refractivity (Wildman–Crippen MR) is 151 cm³/mol. The Morgan fingerprint density at radius 3 is 2.55 bits per heavy atom. The minimum absolute atomic E-state index is 0.0294. The van der Waals surface area contributed by atoms with E-state index in [4.69, 9.17) is 26.2 Å². The number of carbonyl (C=O) groups is 1. The molecule has 1 amide bonds. The zero-order valence-corrected chi connectivity index (χ0v) is 22.3. The Bertz CT molecular complexity index is 1690. The number of hydrogen-bond donors (Lipinski definition) is 1. The molecule has 2 aromatic carbocycles. The van der Waals surface area contributed by atoms with E-state index in [1.54, 1.807) is 33.5 Å². The molecule has 3 aromatic heterocycles. The van der Waals surface area contributed by atoms with Crippen LogP contribution < -0.4 is 15.6 Å². The lowest BCUT2D eigenvalue weighted by Crippen LogP contribution is -2.42. The maximum Gasteiger partial charge on any atom is 0.266 e. The molecule has 1 N–H and O–H groups in total. The van der Waals surface area contributed by atoms with E-state index in [1.807, 2.05) is 54.6 Å². The molecular weight excluding hydrogens is 530 g/mol. The number of amides is 1. The fraction of sp³-hybridized carbons (Fsp3) is 0.200. The fourth-order valence-corrected chi connectivity index (χ4v) is 4.78. The summed E-state index contributed by atoms with van der Waals surface area (Å²) in [7, 11) is 0. The highest BCUT2D eigenvalue weighted by molar-refractivity contribution is 6.30. The highest BCUT2D eigenvalue weighted by atomic mass is 35.5. The van der Waals surface area contributed by atoms with E-state index in [0.29, 0.717) is 54.0 Å². The van der Waals surface area contributed by atoms with Crippen LogP contribution in [0.5, 0.6) is 11.6 Å². The number of nitrogens with zero attached hydrogens (tertiary/aromatic N) is 4. The molecule has 6 rings (SSSR count). The highest BCUT2D eigenvalue weighted by Gasteiger charge is 2.22. The first kappa shape index (κ1) is 25.8. The van der Waals surface area contributed by atoms with Gasteiger partial charge in [0, 0.05) is 54.4 Å². The van der Waals surface area contributed by atoms with Gasteiger partial charge in [-0.15, -0.1) is 0 Å². The molecule has 1 fully saturated rings. The lowest BCUT2D eigenvalue weighted by atomic mass is 10.1. The zero-order chi connectivity index (χ0) is 27.5. The first-order valence-electron chi connectivity index (χ1n) is 13.0. The quantitative estimate of drug-likeness (QED) is 0.305. The third-order valence-corrected chi connectivity index (χ3v) is 7.04. The van der Waals surface area contributed by atoms with Gasteiger partial charge in [0.25, 0.3) is 11.5 Å². The predicted octanol–water partition coefficient (Wildman–Crippen LogP) is 4.96. The SMILES string of the molecule is O=C(NC1CCOCC1)c1cn2nc(-c3ccc(Oc4ccccn4)cc3)cc2n(Cc2ccc(Cl)cc2)c1=O. The molecular formula is C30H26ClN5O4. The fourth-order valence-electron chi connectivity index (χ4n) is 4.66. The number of nitrogens with one attached hydrogen (secondary N) is 1. The molecule has 0 radical (unpaired) electrons. The van der Waals surface area contributed by atoms with Crippen molar-refractivity contribution in [1.29, 1.82) is 0 Å². The molecule has 1 aliphatic heterocycles. The minimum Gasteiger partial charge on any atom is -0.439 e. The number of carbonyl (C=O) groups excluding carboxylic acids is 1. The average Bonchev–Trinajstić information content (AvgIpc) is 3.41. The van der Waals surface area contributed by atoms with Gasteiger partial charge in [-0.05, 0) is 60.9 Å². The van der Waals surface area contributed by atoms with Gasteiger partial charge in [0.1, 0.15) is 17.0 Å². The Hall–Kier alpha value is -4.47. The molecule has 1 saturated heterocycles. The summed E-state index contributed by atoms with van der Waals surface area (Å²) in [5.41, 5.74) is 2.55. The molecule has 0 aliphatic carbocycles. The van der Waals surface area contributed by atoms with Crippen LogP contribution in [0, 0.1) is 0 Å². The number of fused-ring (bicyclic) bond motifs is 1. The van der Waals surface area contributed by atoms with Gasteiger partial charge in [0.2, 0.25) is 5.88 Å². The molecule has 0 saturated carbocycles. The van der Waals surface area contributed by atoms with Crippen LogP contribution in [0.2, 0.25) is 5.02 Å². The van der Waals surface area contributed by atoms with Crippen molar-refractivity contribution in [2.75, 3.05) is 13.2 Å². The normalized spacial score (nSPS) is 13.8. The Labute approximate surface area is 235 Å². The van der Waals surface area contributed by atoms with Gasteiger partial charge in [0.15, 0.2) is 0 Å². The van der Waals surface area contributed by atoms with Gasteiger partial charge >= 0.3 is 0 Å². The number of benzene rings is 2. The number of halogens is 1. The summed E-state index contributed by atoms with van der Waals surface area (Å²) in [6.45, 7) is 1.41. The Morgan fingerprint density at radius 2 is 1.82 bits per heavy atom. The van der Waals surface area contributed by atoms with E-state index < -0.39 is 11.5 Å². The van der Waals surface area contributed by atoms with Crippen LogP contribution in [0.3, 0.4) is 0 Å². The summed E-state index contributed by atoms with van der Waals surface area (Å²) in [6.07, 6.45) is 4.59. The molecule has 9 nitrogen and oxygen atoms in total. The third-order valence-electron chi connectivity index (χ3n) is 6.78. The van der Waals surface area contributed by atoms with Crippen LogP contribution in [-0.4, -0.2) is 44.3 Å². The minimum atomic E-state index is -0.420. The maximum atomic E-state index is 13.7. The van der Waals surface area contributed by atoms with E-state index >= 15 is 0 Å². The zero-order valence-electron chi connectivity index (χ0n) is 21.5. The smallest absolute Gasteiger partial charge is 0.266 e. The van der Waals surface area contributed by atoms with Crippen LogP contribution in [-0.2, 0) is 11.3 Å². The van der Waals surface area contributed by atoms with Gasteiger partial charge < -0.3 is 14.8 Å². The molecule has 40 heavy (non-hydrogen) atoms. The van der Waals surface area contributed by atoms with Crippen molar-refractivity contribution in [3.63, 3.8) is 0 Å². The molecule has 4 heterocycles. The van der Waals surface area contributed by atoms with E-state index in [-0.39, 0.29) is 18.2 Å². The number of rotatable bonds is 7. The summed E-state index contributed by atoms with van der Waals surface area (Å²) in [5.74, 6) is 0.718. The van der Waals surface area contributed by atoms with E-state index in [2.05, 4.69) is 10.3 Å². The van der Waals surface area contributed by atoms with E-state index in [1.165, 1.54) is 6.20 Å². The average molecular weight is 556 g/mol. The summed E-state index contributed by atoms with van der Waals surface area (Å²) in [6, 6.07) is 22.0. The Morgan fingerprint density at radius 1 is 1.05 bits per heavy atom. The van der Waals surface area contributed by atoms with Crippen LogP contribution in [0.15, 0.2) is 90.0 Å². The van der Waals surface area contributed by atoms with Crippen LogP contribution in [0.25, 0.3) is 16.9 Å². The summed E-state index contributed by atoms with van der Waals surface area (Å²) in [4.78, 5) is 31.1. The Kier molecular flexibility index (Phi) is 7.31. The molecule has 5 aromatic rings. The number of ether oxygens (including phenoxy) is 2. The van der Waals surface area contributed by atoms with Crippen LogP contribution >= 0.6 is 11.6 Å². The first-order chi connectivity index (χ1) is 19.5. The summed E-state index contributed by atoms with van der Waals surface area (Å²) in [5, 5.41) is 8.33. The van der Waals surface area contributed by atoms with Crippen LogP contribution in [0.1, 0.15) is 28.8 Å². The van der Waals surface area contributed by atoms with Gasteiger partial charge in [-0.25, -0.2) is 9.50 Å². The number of hydrogen-bond acceptors (Lipinski definition) is 6. The lowest BCUT2D eigenvalue weighted by molar-refractivity contribution is 0.0695. The van der Waals surface area contributed by atoms with Crippen molar-refractivity contribution in [3.8, 4) is 22.9 Å². The van der Waals surface area contributed by atoms with Crippen molar-refractivity contribution < 1.29 is 14.3 Å². The monoisotopic (exact) mass is 555 g/mol. The van der Waals surface area contributed by atoms with Gasteiger partial charge in [0.05, 0.1) is 12.2 Å².